The van der Waals surface area contributed by atoms with Gasteiger partial charge in [0.05, 0.1) is 0 Å². The molecule has 0 aromatic carbocycles. The van der Waals surface area contributed by atoms with Gasteiger partial charge in [-0.2, -0.15) is 0 Å². The van der Waals surface area contributed by atoms with Crippen LogP contribution in [0.2, 0.25) is 0 Å². The minimum Gasteiger partial charge on any atom is -0.314 e. The van der Waals surface area contributed by atoms with Crippen molar-refractivity contribution >= 4 is 0 Å². The van der Waals surface area contributed by atoms with Crippen LogP contribution in [-0.4, -0.2) is 12.6 Å². The maximum atomic E-state index is 4.00. The highest BCUT2D eigenvalue weighted by Crippen LogP contribution is 2.06. The van der Waals surface area contributed by atoms with Crippen molar-refractivity contribution in [2.75, 3.05) is 6.54 Å². The van der Waals surface area contributed by atoms with Crippen LogP contribution in [0.3, 0.4) is 0 Å². The summed E-state index contributed by atoms with van der Waals surface area (Å²) in [4.78, 5) is 0. The third-order valence-corrected chi connectivity index (χ3v) is 1.66. The van der Waals surface area contributed by atoms with Crippen LogP contribution in [0.15, 0.2) is 0 Å². The molecule has 0 aliphatic carbocycles. The van der Waals surface area contributed by atoms with Gasteiger partial charge >= 0.3 is 0 Å². The van der Waals surface area contributed by atoms with Gasteiger partial charge < -0.3 is 5.32 Å². The zero-order chi connectivity index (χ0) is 7.11. The summed E-state index contributed by atoms with van der Waals surface area (Å²) in [6.45, 7) is 3.49. The highest BCUT2D eigenvalue weighted by Gasteiger charge is 2.09. The van der Waals surface area contributed by atoms with Gasteiger partial charge in [-0.25, -0.2) is 0 Å². The zero-order valence-corrected chi connectivity index (χ0v) is 6.06. The summed E-state index contributed by atoms with van der Waals surface area (Å²) < 4.78 is 0. The Hall–Kier alpha value is -0.480. The molecule has 0 aromatic heterocycles. The molecule has 0 spiro atoms. The molecular weight excluding hydrogens is 110 g/mol. The second-order valence-corrected chi connectivity index (χ2v) is 2.20. The van der Waals surface area contributed by atoms with Crippen molar-refractivity contribution < 1.29 is 0 Å². The summed E-state index contributed by atoms with van der Waals surface area (Å²) >= 11 is 0. The molecule has 1 aliphatic heterocycles. The van der Waals surface area contributed by atoms with Crippen LogP contribution in [0.1, 0.15) is 26.2 Å². The second kappa shape index (κ2) is 5.65. The molecule has 1 nitrogen and oxygen atoms in total. The maximum absolute atomic E-state index is 4.00. The first kappa shape index (κ1) is 8.52. The van der Waals surface area contributed by atoms with E-state index in [-0.39, 0.29) is 0 Å². The van der Waals surface area contributed by atoms with Crippen LogP contribution in [0.5, 0.6) is 0 Å². The van der Waals surface area contributed by atoms with Gasteiger partial charge in [0.15, 0.2) is 0 Å². The van der Waals surface area contributed by atoms with Crippen molar-refractivity contribution in [3.63, 3.8) is 0 Å². The standard InChI is InChI=1S/C6H13N.C2H2/c1-2-6-4-3-5-7-6;1-2/h6-7H,2-5H2,1H3;1-2H. The molecule has 1 fully saturated rings. The summed E-state index contributed by atoms with van der Waals surface area (Å²) in [7, 11) is 0. The molecule has 1 saturated heterocycles. The van der Waals surface area contributed by atoms with Gasteiger partial charge in [0.2, 0.25) is 0 Å². The normalized spacial score (nSPS) is 24.6. The van der Waals surface area contributed by atoms with E-state index in [1.807, 2.05) is 0 Å². The van der Waals surface area contributed by atoms with Gasteiger partial charge in [0.25, 0.3) is 0 Å². The minimum absolute atomic E-state index is 0.847. The quantitative estimate of drug-likeness (QED) is 0.522. The minimum atomic E-state index is 0.847. The van der Waals surface area contributed by atoms with E-state index in [2.05, 4.69) is 25.1 Å². The Labute approximate surface area is 57.8 Å². The van der Waals surface area contributed by atoms with E-state index < -0.39 is 0 Å². The van der Waals surface area contributed by atoms with Gasteiger partial charge in [-0.1, -0.05) is 6.92 Å². The summed E-state index contributed by atoms with van der Waals surface area (Å²) in [6.07, 6.45) is 12.1. The topological polar surface area (TPSA) is 12.0 Å². The van der Waals surface area contributed by atoms with Gasteiger partial charge in [-0.3, -0.25) is 0 Å². The van der Waals surface area contributed by atoms with Crippen molar-refractivity contribution in [2.45, 2.75) is 32.2 Å². The lowest BCUT2D eigenvalue weighted by atomic mass is 10.2. The molecule has 1 N–H and O–H groups in total. The lowest BCUT2D eigenvalue weighted by Gasteiger charge is -2.02. The molecule has 9 heavy (non-hydrogen) atoms. The highest BCUT2D eigenvalue weighted by molar-refractivity contribution is 4.71. The summed E-state index contributed by atoms with van der Waals surface area (Å²) in [6, 6.07) is 0.847. The maximum Gasteiger partial charge on any atom is 0.00649 e. The summed E-state index contributed by atoms with van der Waals surface area (Å²) in [5, 5.41) is 3.41. The molecule has 1 heterocycles. The zero-order valence-electron chi connectivity index (χ0n) is 6.06. The van der Waals surface area contributed by atoms with Gasteiger partial charge in [0, 0.05) is 6.04 Å². The average molecular weight is 125 g/mol. The Morgan fingerprint density at radius 3 is 2.44 bits per heavy atom. The molecule has 1 unspecified atom stereocenters. The molecule has 1 heteroatoms. The molecule has 1 rings (SSSR count). The molecule has 0 aromatic rings. The predicted octanol–water partition coefficient (Wildman–Crippen LogP) is 1.40. The van der Waals surface area contributed by atoms with Gasteiger partial charge in [-0.05, 0) is 25.8 Å². The molecule has 1 atom stereocenters. The third kappa shape index (κ3) is 3.16. The van der Waals surface area contributed by atoms with Crippen molar-refractivity contribution in [3.8, 4) is 12.8 Å². The number of rotatable bonds is 1. The molecular formula is C8H15N. The second-order valence-electron chi connectivity index (χ2n) is 2.20. The summed E-state index contributed by atoms with van der Waals surface area (Å²) in [5.41, 5.74) is 0. The molecule has 1 aliphatic rings. The van der Waals surface area contributed by atoms with Crippen molar-refractivity contribution in [1.82, 2.24) is 5.32 Å². The molecule has 0 bridgehead atoms. The van der Waals surface area contributed by atoms with Crippen LogP contribution in [0, 0.1) is 12.8 Å². The fourth-order valence-electron chi connectivity index (χ4n) is 1.11. The fraction of sp³-hybridized carbons (Fsp3) is 0.750. The SMILES string of the molecule is C#C.CCC1CCCN1. The van der Waals surface area contributed by atoms with Crippen molar-refractivity contribution in [3.05, 3.63) is 0 Å². The number of nitrogens with one attached hydrogen (secondary N) is 1. The van der Waals surface area contributed by atoms with Crippen LogP contribution in [0.4, 0.5) is 0 Å². The lowest BCUT2D eigenvalue weighted by Crippen LogP contribution is -2.19. The Bertz CT molecular complexity index is 69.9. The monoisotopic (exact) mass is 125 g/mol. The van der Waals surface area contributed by atoms with Crippen molar-refractivity contribution in [1.29, 1.82) is 0 Å². The van der Waals surface area contributed by atoms with Crippen LogP contribution < -0.4 is 5.32 Å². The van der Waals surface area contributed by atoms with Crippen LogP contribution >= 0.6 is 0 Å². The highest BCUT2D eigenvalue weighted by atomic mass is 14.9. The van der Waals surface area contributed by atoms with E-state index >= 15 is 0 Å². The van der Waals surface area contributed by atoms with Crippen LogP contribution in [-0.2, 0) is 0 Å². The predicted molar refractivity (Wildman–Crippen MR) is 41.2 cm³/mol. The number of terminal acetylenes is 1. The van der Waals surface area contributed by atoms with E-state index in [0.717, 1.165) is 6.04 Å². The van der Waals surface area contributed by atoms with E-state index in [0.29, 0.717) is 0 Å². The van der Waals surface area contributed by atoms with Crippen LogP contribution in [0.25, 0.3) is 0 Å². The van der Waals surface area contributed by atoms with E-state index in [9.17, 15) is 0 Å². The molecule has 0 radical (unpaired) electrons. The Kier molecular flexibility index (Phi) is 5.35. The molecule has 0 saturated carbocycles. The first-order valence-electron chi connectivity index (χ1n) is 3.50. The van der Waals surface area contributed by atoms with E-state index in [1.54, 1.807) is 0 Å². The number of hydrogen-bond donors (Lipinski definition) is 1. The Balaban J connectivity index is 0.000000291. The van der Waals surface area contributed by atoms with Gasteiger partial charge in [0.1, 0.15) is 0 Å². The summed E-state index contributed by atoms with van der Waals surface area (Å²) in [5.74, 6) is 0. The Morgan fingerprint density at radius 1 is 1.56 bits per heavy atom. The average Bonchev–Trinajstić information content (AvgIpc) is 2.43. The Morgan fingerprint density at radius 2 is 2.22 bits per heavy atom. The van der Waals surface area contributed by atoms with E-state index in [1.165, 1.54) is 25.8 Å². The first-order valence-corrected chi connectivity index (χ1v) is 3.50. The first-order chi connectivity index (χ1) is 4.43. The molecule has 52 valence electrons. The fourth-order valence-corrected chi connectivity index (χ4v) is 1.11. The smallest absolute Gasteiger partial charge is 0.00649 e. The van der Waals surface area contributed by atoms with Gasteiger partial charge in [-0.15, -0.1) is 12.8 Å². The van der Waals surface area contributed by atoms with E-state index in [4.69, 9.17) is 0 Å². The largest absolute Gasteiger partial charge is 0.314 e. The lowest BCUT2D eigenvalue weighted by molar-refractivity contribution is 0.587. The van der Waals surface area contributed by atoms with Crippen molar-refractivity contribution in [2.24, 2.45) is 0 Å². The number of hydrogen-bond acceptors (Lipinski definition) is 1. The molecule has 0 amide bonds. The third-order valence-electron chi connectivity index (χ3n) is 1.66.